The fraction of sp³-hybridized carbons (Fsp3) is 0.727. The summed E-state index contributed by atoms with van der Waals surface area (Å²) in [4.78, 5) is 5.14. The molecule has 0 aromatic heterocycles. The van der Waals surface area contributed by atoms with Crippen molar-refractivity contribution < 1.29 is 9.84 Å². The summed E-state index contributed by atoms with van der Waals surface area (Å²) in [6.45, 7) is 13.5. The molecule has 1 aromatic carbocycles. The number of ether oxygens (including phenoxy) is 1. The van der Waals surface area contributed by atoms with E-state index < -0.39 is 0 Å². The molecule has 0 saturated carbocycles. The average Bonchev–Trinajstić information content (AvgIpc) is 2.66. The van der Waals surface area contributed by atoms with Crippen LogP contribution in [0.15, 0.2) is 24.3 Å². The average molecular weight is 363 g/mol. The van der Waals surface area contributed by atoms with E-state index >= 15 is 0 Å². The van der Waals surface area contributed by atoms with Crippen molar-refractivity contribution in [2.75, 3.05) is 53.0 Å². The molecular weight excluding hydrogens is 324 g/mol. The standard InChI is InChI=1S/C22H38N2O2/c1-5-23(17-22(2,3)18-25)15-20-9-7-12-24(16-20)13-11-19-8-6-10-21(14-19)26-4/h6,8,10,14,20,25H,5,7,9,11-13,15-18H2,1-4H3/t20-/m0/s1. The van der Waals surface area contributed by atoms with Crippen LogP contribution in [0.3, 0.4) is 0 Å². The van der Waals surface area contributed by atoms with Gasteiger partial charge in [0.1, 0.15) is 5.75 Å². The lowest BCUT2D eigenvalue weighted by Gasteiger charge is -2.37. The van der Waals surface area contributed by atoms with Crippen LogP contribution in [0, 0.1) is 11.3 Å². The number of piperidine rings is 1. The van der Waals surface area contributed by atoms with Crippen LogP contribution in [0.25, 0.3) is 0 Å². The Morgan fingerprint density at radius 1 is 1.35 bits per heavy atom. The van der Waals surface area contributed by atoms with Crippen molar-refractivity contribution in [2.45, 2.75) is 40.0 Å². The van der Waals surface area contributed by atoms with Crippen molar-refractivity contribution in [1.29, 1.82) is 0 Å². The van der Waals surface area contributed by atoms with Gasteiger partial charge in [0.25, 0.3) is 0 Å². The van der Waals surface area contributed by atoms with Crippen LogP contribution < -0.4 is 4.74 Å². The number of rotatable bonds is 10. The molecule has 2 rings (SSSR count). The van der Waals surface area contributed by atoms with Crippen LogP contribution in [0.1, 0.15) is 39.2 Å². The van der Waals surface area contributed by atoms with E-state index in [1.807, 2.05) is 6.07 Å². The second-order valence-electron chi connectivity index (χ2n) is 8.56. The molecule has 148 valence electrons. The zero-order valence-corrected chi connectivity index (χ0v) is 17.2. The van der Waals surface area contributed by atoms with Crippen molar-refractivity contribution in [3.63, 3.8) is 0 Å². The Balaban J connectivity index is 1.82. The molecule has 1 atom stereocenters. The summed E-state index contributed by atoms with van der Waals surface area (Å²) >= 11 is 0. The number of aliphatic hydroxyl groups is 1. The van der Waals surface area contributed by atoms with E-state index in [2.05, 4.69) is 48.8 Å². The molecule has 4 heteroatoms. The highest BCUT2D eigenvalue weighted by Gasteiger charge is 2.25. The van der Waals surface area contributed by atoms with Crippen LogP contribution in [0.2, 0.25) is 0 Å². The van der Waals surface area contributed by atoms with Gasteiger partial charge in [-0.1, -0.05) is 32.9 Å². The molecule has 1 aliphatic rings. The number of hydrogen-bond donors (Lipinski definition) is 1. The van der Waals surface area contributed by atoms with Gasteiger partial charge in [0, 0.05) is 38.2 Å². The molecule has 4 nitrogen and oxygen atoms in total. The molecular formula is C22H38N2O2. The highest BCUT2D eigenvalue weighted by atomic mass is 16.5. The zero-order valence-electron chi connectivity index (χ0n) is 17.2. The second kappa shape index (κ2) is 10.3. The summed E-state index contributed by atoms with van der Waals surface area (Å²) < 4.78 is 5.33. The summed E-state index contributed by atoms with van der Waals surface area (Å²) in [6, 6.07) is 8.43. The van der Waals surface area contributed by atoms with Crippen molar-refractivity contribution in [3.8, 4) is 5.75 Å². The third-order valence-electron chi connectivity index (χ3n) is 5.50. The number of hydrogen-bond acceptors (Lipinski definition) is 4. The molecule has 0 bridgehead atoms. The fourth-order valence-electron chi connectivity index (χ4n) is 3.94. The SMILES string of the molecule is CCN(C[C@@H]1CCCN(CCc2cccc(OC)c2)C1)CC(C)(C)CO. The smallest absolute Gasteiger partial charge is 0.119 e. The van der Waals surface area contributed by atoms with E-state index in [9.17, 15) is 5.11 Å². The van der Waals surface area contributed by atoms with Gasteiger partial charge in [0.05, 0.1) is 7.11 Å². The van der Waals surface area contributed by atoms with E-state index in [0.717, 1.165) is 44.3 Å². The summed E-state index contributed by atoms with van der Waals surface area (Å²) in [5, 5.41) is 9.56. The maximum absolute atomic E-state index is 9.56. The maximum Gasteiger partial charge on any atom is 0.119 e. The Hall–Kier alpha value is -1.10. The van der Waals surface area contributed by atoms with Crippen molar-refractivity contribution in [3.05, 3.63) is 29.8 Å². The molecule has 1 aromatic rings. The minimum atomic E-state index is -0.0171. The molecule has 1 fully saturated rings. The lowest BCUT2D eigenvalue weighted by molar-refractivity contribution is 0.0800. The van der Waals surface area contributed by atoms with Crippen molar-refractivity contribution in [2.24, 2.45) is 11.3 Å². The first kappa shape index (κ1) is 21.2. The van der Waals surface area contributed by atoms with Gasteiger partial charge in [-0.3, -0.25) is 0 Å². The normalized spacial score (nSPS) is 19.1. The first-order chi connectivity index (χ1) is 12.5. The van der Waals surface area contributed by atoms with Crippen LogP contribution in [0.5, 0.6) is 5.75 Å². The second-order valence-corrected chi connectivity index (χ2v) is 8.56. The largest absolute Gasteiger partial charge is 0.497 e. The molecule has 0 spiro atoms. The van der Waals surface area contributed by atoms with Gasteiger partial charge in [0.2, 0.25) is 0 Å². The molecule has 0 unspecified atom stereocenters. The van der Waals surface area contributed by atoms with Crippen LogP contribution in [0.4, 0.5) is 0 Å². The van der Waals surface area contributed by atoms with Crippen LogP contribution >= 0.6 is 0 Å². The molecule has 1 aliphatic heterocycles. The summed E-state index contributed by atoms with van der Waals surface area (Å²) in [6.07, 6.45) is 3.70. The monoisotopic (exact) mass is 362 g/mol. The molecule has 0 aliphatic carbocycles. The number of benzene rings is 1. The third-order valence-corrected chi connectivity index (χ3v) is 5.50. The van der Waals surface area contributed by atoms with Crippen molar-refractivity contribution >= 4 is 0 Å². The Kier molecular flexibility index (Phi) is 8.39. The van der Waals surface area contributed by atoms with Crippen LogP contribution in [-0.2, 0) is 6.42 Å². The summed E-state index contributed by atoms with van der Waals surface area (Å²) in [7, 11) is 1.73. The predicted molar refractivity (Wildman–Crippen MR) is 109 cm³/mol. The maximum atomic E-state index is 9.56. The first-order valence-electron chi connectivity index (χ1n) is 10.1. The van der Waals surface area contributed by atoms with E-state index in [1.54, 1.807) is 7.11 Å². The Labute approximate surface area is 160 Å². The molecule has 1 N–H and O–H groups in total. The van der Waals surface area contributed by atoms with E-state index in [4.69, 9.17) is 4.74 Å². The lowest BCUT2D eigenvalue weighted by Crippen LogP contribution is -2.44. The Bertz CT molecular complexity index is 533. The van der Waals surface area contributed by atoms with E-state index in [1.165, 1.54) is 31.5 Å². The van der Waals surface area contributed by atoms with Gasteiger partial charge >= 0.3 is 0 Å². The Morgan fingerprint density at radius 3 is 2.85 bits per heavy atom. The minimum absolute atomic E-state index is 0.0171. The van der Waals surface area contributed by atoms with Gasteiger partial charge in [0.15, 0.2) is 0 Å². The van der Waals surface area contributed by atoms with Gasteiger partial charge in [-0.2, -0.15) is 0 Å². The highest BCUT2D eigenvalue weighted by molar-refractivity contribution is 5.28. The molecule has 1 saturated heterocycles. The molecule has 0 amide bonds. The molecule has 1 heterocycles. The fourth-order valence-corrected chi connectivity index (χ4v) is 3.94. The number of methoxy groups -OCH3 is 1. The quantitative estimate of drug-likeness (QED) is 0.693. The number of likely N-dealkylation sites (tertiary alicyclic amines) is 1. The van der Waals surface area contributed by atoms with E-state index in [0.29, 0.717) is 0 Å². The van der Waals surface area contributed by atoms with Gasteiger partial charge in [-0.05, 0) is 56.0 Å². The zero-order chi connectivity index (χ0) is 19.0. The highest BCUT2D eigenvalue weighted by Crippen LogP contribution is 2.22. The first-order valence-corrected chi connectivity index (χ1v) is 10.1. The van der Waals surface area contributed by atoms with Gasteiger partial charge in [-0.25, -0.2) is 0 Å². The summed E-state index contributed by atoms with van der Waals surface area (Å²) in [5.41, 5.74) is 1.34. The van der Waals surface area contributed by atoms with Gasteiger partial charge in [-0.15, -0.1) is 0 Å². The van der Waals surface area contributed by atoms with E-state index in [-0.39, 0.29) is 12.0 Å². The molecule has 0 radical (unpaired) electrons. The number of aliphatic hydroxyl groups excluding tert-OH is 1. The third kappa shape index (κ3) is 6.90. The topological polar surface area (TPSA) is 35.9 Å². The van der Waals surface area contributed by atoms with Gasteiger partial charge < -0.3 is 19.6 Å². The van der Waals surface area contributed by atoms with Crippen LogP contribution in [-0.4, -0.2) is 67.9 Å². The Morgan fingerprint density at radius 2 is 2.15 bits per heavy atom. The summed E-state index contributed by atoms with van der Waals surface area (Å²) in [5.74, 6) is 1.69. The minimum Gasteiger partial charge on any atom is -0.497 e. The van der Waals surface area contributed by atoms with Crippen molar-refractivity contribution in [1.82, 2.24) is 9.80 Å². The predicted octanol–water partition coefficient (Wildman–Crippen LogP) is 3.29. The lowest BCUT2D eigenvalue weighted by atomic mass is 9.92. The molecule has 26 heavy (non-hydrogen) atoms. The number of nitrogens with zero attached hydrogens (tertiary/aromatic N) is 2.